The molecule has 0 aliphatic heterocycles. The molecule has 0 aromatic carbocycles. The molecule has 2 aromatic rings. The molecule has 80 valence electrons. The van der Waals surface area contributed by atoms with E-state index in [9.17, 15) is 0 Å². The van der Waals surface area contributed by atoms with Crippen LogP contribution < -0.4 is 5.48 Å². The Morgan fingerprint density at radius 3 is 3.20 bits per heavy atom. The van der Waals surface area contributed by atoms with Crippen molar-refractivity contribution >= 4 is 17.0 Å². The zero-order valence-electron chi connectivity index (χ0n) is 8.30. The number of unbranched alkanes of at least 4 members (excludes halogenated alkanes) is 1. The number of anilines is 1. The van der Waals surface area contributed by atoms with E-state index in [2.05, 4.69) is 37.3 Å². The van der Waals surface area contributed by atoms with Gasteiger partial charge in [-0.1, -0.05) is 13.3 Å². The summed E-state index contributed by atoms with van der Waals surface area (Å²) in [5.74, 6) is 0.470. The molecular weight excluding hydrogens is 198 g/mol. The third kappa shape index (κ3) is 2.18. The summed E-state index contributed by atoms with van der Waals surface area (Å²) in [5.41, 5.74) is 3.57. The SMILES string of the molecule is CCCCONc1ncnc2nonc12. The third-order valence-electron chi connectivity index (χ3n) is 1.83. The number of nitrogens with one attached hydrogen (secondary N) is 1. The van der Waals surface area contributed by atoms with Gasteiger partial charge < -0.3 is 0 Å². The van der Waals surface area contributed by atoms with E-state index in [0.717, 1.165) is 12.8 Å². The summed E-state index contributed by atoms with van der Waals surface area (Å²) in [4.78, 5) is 13.0. The summed E-state index contributed by atoms with van der Waals surface area (Å²) < 4.78 is 4.53. The summed E-state index contributed by atoms with van der Waals surface area (Å²) in [6.07, 6.45) is 3.43. The van der Waals surface area contributed by atoms with Crippen molar-refractivity contribution in [3.8, 4) is 0 Å². The van der Waals surface area contributed by atoms with Crippen LogP contribution in [0.5, 0.6) is 0 Å². The second kappa shape index (κ2) is 4.65. The Balaban J connectivity index is 2.04. The number of hydrogen-bond acceptors (Lipinski definition) is 7. The number of fused-ring (bicyclic) bond motifs is 1. The maximum atomic E-state index is 5.19. The van der Waals surface area contributed by atoms with Gasteiger partial charge in [0, 0.05) is 0 Å². The van der Waals surface area contributed by atoms with Crippen molar-refractivity contribution in [1.29, 1.82) is 0 Å². The Morgan fingerprint density at radius 2 is 2.33 bits per heavy atom. The molecule has 0 bridgehead atoms. The van der Waals surface area contributed by atoms with Crippen molar-refractivity contribution in [3.63, 3.8) is 0 Å². The summed E-state index contributed by atoms with van der Waals surface area (Å²) in [6, 6.07) is 0. The lowest BCUT2D eigenvalue weighted by Crippen LogP contribution is -2.05. The van der Waals surface area contributed by atoms with Crippen LogP contribution in [0.4, 0.5) is 5.82 Å². The Hall–Kier alpha value is -1.76. The number of nitrogens with zero attached hydrogens (tertiary/aromatic N) is 4. The van der Waals surface area contributed by atoms with Crippen molar-refractivity contribution in [1.82, 2.24) is 20.3 Å². The number of hydrogen-bond donors (Lipinski definition) is 1. The molecule has 0 saturated heterocycles. The van der Waals surface area contributed by atoms with Gasteiger partial charge in [-0.2, -0.15) is 0 Å². The third-order valence-corrected chi connectivity index (χ3v) is 1.83. The molecule has 2 rings (SSSR count). The van der Waals surface area contributed by atoms with E-state index in [0.29, 0.717) is 23.6 Å². The van der Waals surface area contributed by atoms with E-state index in [1.54, 1.807) is 0 Å². The fourth-order valence-electron chi connectivity index (χ4n) is 1.03. The van der Waals surface area contributed by atoms with E-state index in [1.165, 1.54) is 6.33 Å². The fraction of sp³-hybridized carbons (Fsp3) is 0.500. The maximum absolute atomic E-state index is 5.19. The van der Waals surface area contributed by atoms with Crippen molar-refractivity contribution < 1.29 is 9.47 Å². The van der Waals surface area contributed by atoms with Gasteiger partial charge in [0.15, 0.2) is 11.3 Å². The monoisotopic (exact) mass is 209 g/mol. The Labute approximate surface area is 85.8 Å². The van der Waals surface area contributed by atoms with Crippen LogP contribution >= 0.6 is 0 Å². The van der Waals surface area contributed by atoms with Crippen LogP contribution in [0.25, 0.3) is 11.2 Å². The lowest BCUT2D eigenvalue weighted by atomic mass is 10.4. The molecule has 0 unspecified atom stereocenters. The summed E-state index contributed by atoms with van der Waals surface area (Å²) in [5, 5.41) is 7.25. The highest BCUT2D eigenvalue weighted by Gasteiger charge is 2.08. The molecule has 0 aliphatic carbocycles. The molecule has 15 heavy (non-hydrogen) atoms. The van der Waals surface area contributed by atoms with Crippen LogP contribution in [-0.2, 0) is 4.84 Å². The standard InChI is InChI=1S/C8H11N5O2/c1-2-3-4-14-12-7-6-8(10-5-9-7)13-15-11-6/h5H,2-4H2,1H3,(H,9,10,12,13). The van der Waals surface area contributed by atoms with Gasteiger partial charge in [-0.3, -0.25) is 4.84 Å². The average molecular weight is 209 g/mol. The second-order valence-corrected chi connectivity index (χ2v) is 2.96. The average Bonchev–Trinajstić information content (AvgIpc) is 2.73. The molecule has 0 aliphatic rings. The number of rotatable bonds is 5. The predicted molar refractivity (Wildman–Crippen MR) is 51.9 cm³/mol. The van der Waals surface area contributed by atoms with Crippen molar-refractivity contribution in [2.24, 2.45) is 0 Å². The lowest BCUT2D eigenvalue weighted by molar-refractivity contribution is 0.188. The van der Waals surface area contributed by atoms with Gasteiger partial charge in [0.25, 0.3) is 0 Å². The van der Waals surface area contributed by atoms with Crippen LogP contribution in [0.2, 0.25) is 0 Å². The quantitative estimate of drug-likeness (QED) is 0.584. The minimum Gasteiger partial charge on any atom is -0.275 e. The van der Waals surface area contributed by atoms with Crippen LogP contribution in [0, 0.1) is 0 Å². The highest BCUT2D eigenvalue weighted by atomic mass is 16.6. The molecule has 0 radical (unpaired) electrons. The highest BCUT2D eigenvalue weighted by molar-refractivity contribution is 5.80. The molecule has 7 nitrogen and oxygen atoms in total. The Kier molecular flexibility index (Phi) is 3.03. The van der Waals surface area contributed by atoms with Gasteiger partial charge in [-0.05, 0) is 16.7 Å². The minimum atomic E-state index is 0.409. The first-order valence-corrected chi connectivity index (χ1v) is 4.73. The zero-order chi connectivity index (χ0) is 10.5. The van der Waals surface area contributed by atoms with E-state index in [1.807, 2.05) is 0 Å². The summed E-state index contributed by atoms with van der Waals surface area (Å²) in [6.45, 7) is 2.71. The van der Waals surface area contributed by atoms with Gasteiger partial charge in [0.1, 0.15) is 6.33 Å². The fourth-order valence-corrected chi connectivity index (χ4v) is 1.03. The Bertz CT molecular complexity index is 430. The molecule has 2 aromatic heterocycles. The first kappa shape index (κ1) is 9.78. The normalized spacial score (nSPS) is 10.7. The molecular formula is C8H11N5O2. The lowest BCUT2D eigenvalue weighted by Gasteiger charge is -2.03. The molecule has 0 fully saturated rings. The first-order valence-electron chi connectivity index (χ1n) is 4.73. The molecule has 1 N–H and O–H groups in total. The first-order chi connectivity index (χ1) is 7.42. The molecule has 0 spiro atoms. The highest BCUT2D eigenvalue weighted by Crippen LogP contribution is 2.13. The van der Waals surface area contributed by atoms with Gasteiger partial charge in [-0.15, -0.1) is 0 Å². The maximum Gasteiger partial charge on any atom is 0.229 e. The van der Waals surface area contributed by atoms with Crippen LogP contribution in [-0.4, -0.2) is 26.9 Å². The predicted octanol–water partition coefficient (Wildman–Crippen LogP) is 1.16. The second-order valence-electron chi connectivity index (χ2n) is 2.96. The zero-order valence-corrected chi connectivity index (χ0v) is 8.30. The molecule has 0 saturated carbocycles. The van der Waals surface area contributed by atoms with E-state index in [-0.39, 0.29) is 0 Å². The van der Waals surface area contributed by atoms with Crippen molar-refractivity contribution in [2.75, 3.05) is 12.1 Å². The van der Waals surface area contributed by atoms with Gasteiger partial charge >= 0.3 is 0 Å². The van der Waals surface area contributed by atoms with E-state index in [4.69, 9.17) is 4.84 Å². The summed E-state index contributed by atoms with van der Waals surface area (Å²) in [7, 11) is 0. The van der Waals surface area contributed by atoms with Gasteiger partial charge in [-0.25, -0.2) is 20.1 Å². The van der Waals surface area contributed by atoms with Crippen LogP contribution in [0.1, 0.15) is 19.8 Å². The van der Waals surface area contributed by atoms with Crippen molar-refractivity contribution in [2.45, 2.75) is 19.8 Å². The van der Waals surface area contributed by atoms with Gasteiger partial charge in [0.05, 0.1) is 6.61 Å². The van der Waals surface area contributed by atoms with E-state index < -0.39 is 0 Å². The van der Waals surface area contributed by atoms with Crippen LogP contribution in [0.15, 0.2) is 11.0 Å². The topological polar surface area (TPSA) is 86.0 Å². The Morgan fingerprint density at radius 1 is 1.40 bits per heavy atom. The minimum absolute atomic E-state index is 0.409. The molecule has 2 heterocycles. The molecule has 7 heteroatoms. The van der Waals surface area contributed by atoms with Crippen molar-refractivity contribution in [3.05, 3.63) is 6.33 Å². The van der Waals surface area contributed by atoms with Gasteiger partial charge in [0.2, 0.25) is 5.65 Å². The molecule has 0 amide bonds. The largest absolute Gasteiger partial charge is 0.275 e. The van der Waals surface area contributed by atoms with Crippen LogP contribution in [0.3, 0.4) is 0 Å². The summed E-state index contributed by atoms with van der Waals surface area (Å²) >= 11 is 0. The smallest absolute Gasteiger partial charge is 0.229 e. The van der Waals surface area contributed by atoms with E-state index >= 15 is 0 Å². The molecule has 0 atom stereocenters. The number of aromatic nitrogens is 4.